The predicted molar refractivity (Wildman–Crippen MR) is 130 cm³/mol. The summed E-state index contributed by atoms with van der Waals surface area (Å²) in [5, 5.41) is 0. The van der Waals surface area contributed by atoms with Gasteiger partial charge < -0.3 is 0 Å². The fourth-order valence-electron chi connectivity index (χ4n) is 1.94. The molecule has 0 saturated heterocycles. The highest BCUT2D eigenvalue weighted by Crippen LogP contribution is 2.03. The minimum Gasteiger partial charge on any atom is -0.103 e. The van der Waals surface area contributed by atoms with E-state index < -0.39 is 0 Å². The molecule has 0 spiro atoms. The summed E-state index contributed by atoms with van der Waals surface area (Å²) in [6.07, 6.45) is 30.8. The lowest BCUT2D eigenvalue weighted by molar-refractivity contribution is 0.594. The van der Waals surface area contributed by atoms with E-state index >= 15 is 0 Å². The highest BCUT2D eigenvalue weighted by Gasteiger charge is 1.88. The first kappa shape index (κ1) is 30.2. The summed E-state index contributed by atoms with van der Waals surface area (Å²) in [5.41, 5.74) is 0. The van der Waals surface area contributed by atoms with Crippen LogP contribution in [0.5, 0.6) is 0 Å². The van der Waals surface area contributed by atoms with E-state index in [2.05, 4.69) is 71.7 Å². The molecule has 0 rings (SSSR count). The Morgan fingerprint density at radius 3 is 1.70 bits per heavy atom. The van der Waals surface area contributed by atoms with Gasteiger partial charge in [0.2, 0.25) is 0 Å². The lowest BCUT2D eigenvalue weighted by atomic mass is 10.1. The van der Waals surface area contributed by atoms with E-state index in [0.717, 1.165) is 18.8 Å². The van der Waals surface area contributed by atoms with E-state index in [1.165, 1.54) is 51.4 Å². The monoisotopic (exact) mass is 372 g/mol. The van der Waals surface area contributed by atoms with Crippen molar-refractivity contribution in [3.8, 4) is 0 Å². The van der Waals surface area contributed by atoms with Crippen molar-refractivity contribution in [1.29, 1.82) is 0 Å². The topological polar surface area (TPSA) is 0 Å². The van der Waals surface area contributed by atoms with Crippen LogP contribution in [0.25, 0.3) is 0 Å². The van der Waals surface area contributed by atoms with E-state index in [-0.39, 0.29) is 0 Å². The summed E-state index contributed by atoms with van der Waals surface area (Å²) in [7, 11) is 0. The zero-order valence-corrected chi connectivity index (χ0v) is 19.0. The van der Waals surface area contributed by atoms with Gasteiger partial charge in [-0.3, -0.25) is 0 Å². The maximum atomic E-state index is 3.64. The van der Waals surface area contributed by atoms with Crippen LogP contribution in [-0.2, 0) is 0 Å². The van der Waals surface area contributed by atoms with E-state index in [1.54, 1.807) is 0 Å². The molecule has 0 heteroatoms. The number of hydrogen-bond acceptors (Lipinski definition) is 0. The van der Waals surface area contributed by atoms with Gasteiger partial charge in [-0.05, 0) is 50.9 Å². The Labute approximate surface area is 172 Å². The van der Waals surface area contributed by atoms with Crippen LogP contribution in [0, 0.1) is 5.92 Å². The SMILES string of the molecule is C=C/C=C/CCC(C)C.C=C/C=C/CCCCC.C=CCC/C=C/CCC. The van der Waals surface area contributed by atoms with Gasteiger partial charge >= 0.3 is 0 Å². The van der Waals surface area contributed by atoms with Crippen molar-refractivity contribution >= 4 is 0 Å². The summed E-state index contributed by atoms with van der Waals surface area (Å²) >= 11 is 0. The van der Waals surface area contributed by atoms with Gasteiger partial charge in [0.1, 0.15) is 0 Å². The van der Waals surface area contributed by atoms with Crippen molar-refractivity contribution in [2.45, 2.75) is 91.9 Å². The average molecular weight is 373 g/mol. The quantitative estimate of drug-likeness (QED) is 0.162. The average Bonchev–Trinajstić information content (AvgIpc) is 2.66. The molecule has 0 N–H and O–H groups in total. The van der Waals surface area contributed by atoms with Crippen LogP contribution in [0.1, 0.15) is 91.9 Å². The normalized spacial score (nSPS) is 10.6. The summed E-state index contributed by atoms with van der Waals surface area (Å²) in [6, 6.07) is 0. The van der Waals surface area contributed by atoms with Crippen LogP contribution < -0.4 is 0 Å². The maximum absolute atomic E-state index is 3.64. The second kappa shape index (κ2) is 32.1. The molecule has 0 bridgehead atoms. The molecule has 0 aliphatic carbocycles. The Hall–Kier alpha value is -1.56. The second-order valence-corrected chi connectivity index (χ2v) is 6.92. The minimum absolute atomic E-state index is 0.819. The van der Waals surface area contributed by atoms with Gasteiger partial charge in [0.15, 0.2) is 0 Å². The van der Waals surface area contributed by atoms with Crippen molar-refractivity contribution in [1.82, 2.24) is 0 Å². The van der Waals surface area contributed by atoms with Crippen LogP contribution in [0.3, 0.4) is 0 Å². The summed E-state index contributed by atoms with van der Waals surface area (Å²) < 4.78 is 0. The summed E-state index contributed by atoms with van der Waals surface area (Å²) in [5.74, 6) is 0.819. The molecule has 0 aromatic carbocycles. The Bertz CT molecular complexity index is 365. The molecule has 0 aliphatic heterocycles. The number of hydrogen-bond donors (Lipinski definition) is 0. The van der Waals surface area contributed by atoms with Gasteiger partial charge in [-0.1, -0.05) is 115 Å². The third-order valence-corrected chi connectivity index (χ3v) is 3.59. The van der Waals surface area contributed by atoms with Crippen molar-refractivity contribution in [3.05, 3.63) is 74.4 Å². The first-order valence-electron chi connectivity index (χ1n) is 10.9. The summed E-state index contributed by atoms with van der Waals surface area (Å²) in [6.45, 7) is 19.7. The molecular weight excluding hydrogens is 324 g/mol. The molecule has 0 unspecified atom stereocenters. The molecule has 0 radical (unpaired) electrons. The maximum Gasteiger partial charge on any atom is -0.0316 e. The highest BCUT2D eigenvalue weighted by molar-refractivity contribution is 4.97. The van der Waals surface area contributed by atoms with Crippen molar-refractivity contribution in [2.75, 3.05) is 0 Å². The standard InChI is InChI=1S/3C9H16/c1-4-5-6-7-8-9(2)3;2*1-3-5-7-9-8-6-4-2/h4-6,9H,1,7-8H2,2-3H3;3,8-9H,1,4-7H2,2H3;3,5,7H,1,4,6,8-9H2,2H3/b6-5+;9-8+;7-5+. The number of rotatable bonds is 14. The van der Waals surface area contributed by atoms with Crippen LogP contribution in [0.4, 0.5) is 0 Å². The molecule has 0 nitrogen and oxygen atoms in total. The van der Waals surface area contributed by atoms with Gasteiger partial charge in [-0.2, -0.15) is 0 Å². The van der Waals surface area contributed by atoms with E-state index in [1.807, 2.05) is 30.4 Å². The van der Waals surface area contributed by atoms with Gasteiger partial charge in [-0.25, -0.2) is 0 Å². The second-order valence-electron chi connectivity index (χ2n) is 6.92. The largest absolute Gasteiger partial charge is 0.103 e. The molecule has 156 valence electrons. The molecule has 0 atom stereocenters. The fourth-order valence-corrected chi connectivity index (χ4v) is 1.94. The predicted octanol–water partition coefficient (Wildman–Crippen LogP) is 9.78. The van der Waals surface area contributed by atoms with E-state index in [9.17, 15) is 0 Å². The third-order valence-electron chi connectivity index (χ3n) is 3.59. The lowest BCUT2D eigenvalue weighted by Crippen LogP contribution is -1.83. The van der Waals surface area contributed by atoms with Crippen LogP contribution >= 0.6 is 0 Å². The molecule has 0 amide bonds. The Morgan fingerprint density at radius 2 is 1.22 bits per heavy atom. The number of allylic oxidation sites excluding steroid dienone is 9. The van der Waals surface area contributed by atoms with Crippen LogP contribution in [0.15, 0.2) is 74.4 Å². The van der Waals surface area contributed by atoms with Crippen molar-refractivity contribution in [2.24, 2.45) is 5.92 Å². The third kappa shape index (κ3) is 45.5. The Morgan fingerprint density at radius 1 is 0.630 bits per heavy atom. The van der Waals surface area contributed by atoms with E-state index in [0.29, 0.717) is 0 Å². The zero-order valence-electron chi connectivity index (χ0n) is 19.0. The lowest BCUT2D eigenvalue weighted by Gasteiger charge is -1.97. The molecule has 0 aromatic heterocycles. The first-order chi connectivity index (χ1) is 13.1. The summed E-state index contributed by atoms with van der Waals surface area (Å²) in [4.78, 5) is 0. The zero-order chi connectivity index (χ0) is 21.0. The Balaban J connectivity index is -0.000000320. The smallest absolute Gasteiger partial charge is 0.0316 e. The molecule has 27 heavy (non-hydrogen) atoms. The number of unbranched alkanes of at least 4 members (excludes halogenated alkanes) is 5. The van der Waals surface area contributed by atoms with Gasteiger partial charge in [0.25, 0.3) is 0 Å². The molecule has 0 aliphatic rings. The van der Waals surface area contributed by atoms with E-state index in [4.69, 9.17) is 0 Å². The van der Waals surface area contributed by atoms with Crippen LogP contribution in [-0.4, -0.2) is 0 Å². The molecule has 0 saturated carbocycles. The molecular formula is C27H48. The highest BCUT2D eigenvalue weighted by atomic mass is 13.9. The van der Waals surface area contributed by atoms with Crippen LogP contribution in [0.2, 0.25) is 0 Å². The van der Waals surface area contributed by atoms with Gasteiger partial charge in [0.05, 0.1) is 0 Å². The van der Waals surface area contributed by atoms with Gasteiger partial charge in [-0.15, -0.1) is 6.58 Å². The fraction of sp³-hybridized carbons (Fsp3) is 0.556. The minimum atomic E-state index is 0.819. The molecule has 0 heterocycles. The Kier molecular flexibility index (Phi) is 35.9. The first-order valence-corrected chi connectivity index (χ1v) is 10.9. The molecule has 0 fully saturated rings. The van der Waals surface area contributed by atoms with Crippen molar-refractivity contribution in [3.63, 3.8) is 0 Å². The van der Waals surface area contributed by atoms with Gasteiger partial charge in [0, 0.05) is 0 Å². The molecule has 0 aromatic rings. The van der Waals surface area contributed by atoms with Crippen molar-refractivity contribution < 1.29 is 0 Å².